The van der Waals surface area contributed by atoms with Crippen molar-refractivity contribution in [3.05, 3.63) is 12.2 Å². The second-order valence-electron chi connectivity index (χ2n) is 9.30. The lowest BCUT2D eigenvalue weighted by molar-refractivity contribution is -0.138. The predicted molar refractivity (Wildman–Crippen MR) is 93.8 cm³/mol. The zero-order valence-electron chi connectivity index (χ0n) is 15.3. The highest BCUT2D eigenvalue weighted by molar-refractivity contribution is 5.89. The zero-order chi connectivity index (χ0) is 17.1. The molecule has 2 unspecified atom stereocenters. The van der Waals surface area contributed by atoms with Gasteiger partial charge in [-0.1, -0.05) is 19.9 Å². The normalized spacial score (nSPS) is 50.0. The number of fused-ring (bicyclic) bond motifs is 5. The molecule has 3 nitrogen and oxygen atoms in total. The summed E-state index contributed by atoms with van der Waals surface area (Å²) in [5, 5.41) is 9.22. The maximum Gasteiger partial charge on any atom is 0.246 e. The van der Waals surface area contributed by atoms with Crippen molar-refractivity contribution in [2.75, 3.05) is 7.05 Å². The van der Waals surface area contributed by atoms with Crippen molar-refractivity contribution in [3.63, 3.8) is 0 Å². The summed E-state index contributed by atoms with van der Waals surface area (Å²) in [7, 11) is 1.99. The minimum atomic E-state index is 0.139. The fourth-order valence-corrected chi connectivity index (χ4v) is 7.29. The Morgan fingerprint density at radius 3 is 2.75 bits per heavy atom. The van der Waals surface area contributed by atoms with Gasteiger partial charge in [-0.3, -0.25) is 4.79 Å². The van der Waals surface area contributed by atoms with Crippen molar-refractivity contribution in [1.29, 1.82) is 5.26 Å². The molecule has 4 rings (SSSR count). The van der Waals surface area contributed by atoms with Crippen LogP contribution >= 0.6 is 0 Å². The van der Waals surface area contributed by atoms with Crippen LogP contribution in [0.25, 0.3) is 0 Å². The number of carbonyl (C=O) groups excluding carboxylic acids is 1. The highest BCUT2D eigenvalue weighted by atomic mass is 16.2. The van der Waals surface area contributed by atoms with Crippen molar-refractivity contribution in [2.45, 2.75) is 64.8 Å². The van der Waals surface area contributed by atoms with E-state index in [9.17, 15) is 10.1 Å². The van der Waals surface area contributed by atoms with E-state index in [2.05, 4.69) is 26.0 Å². The number of nitrogens with zero attached hydrogens (tertiary/aromatic N) is 2. The largest absolute Gasteiger partial charge is 0.338 e. The van der Waals surface area contributed by atoms with E-state index in [0.717, 1.165) is 24.7 Å². The quantitative estimate of drug-likeness (QED) is 0.726. The van der Waals surface area contributed by atoms with Gasteiger partial charge in [0, 0.05) is 24.9 Å². The molecule has 3 aliphatic carbocycles. The van der Waals surface area contributed by atoms with Gasteiger partial charge in [-0.25, -0.2) is 0 Å². The summed E-state index contributed by atoms with van der Waals surface area (Å²) in [6.07, 6.45) is 12.3. The molecule has 0 saturated heterocycles. The van der Waals surface area contributed by atoms with E-state index in [1.807, 2.05) is 18.0 Å². The molecule has 0 aromatic rings. The third kappa shape index (κ3) is 1.98. The summed E-state index contributed by atoms with van der Waals surface area (Å²) < 4.78 is 0. The SMILES string of the molecule is CN1C(=O)C=C[C@]2(C)C3CC[C@]4(C)[C@@H](CC#N)CC[C@H]4C3CC[C@@H]12. The van der Waals surface area contributed by atoms with E-state index >= 15 is 0 Å². The van der Waals surface area contributed by atoms with Gasteiger partial charge in [0.25, 0.3) is 0 Å². The molecule has 7 atom stereocenters. The molecule has 4 aliphatic rings. The second-order valence-corrected chi connectivity index (χ2v) is 9.30. The average molecular weight is 326 g/mol. The number of rotatable bonds is 1. The fourth-order valence-electron chi connectivity index (χ4n) is 7.29. The first kappa shape index (κ1) is 16.2. The first-order valence-corrected chi connectivity index (χ1v) is 9.75. The summed E-state index contributed by atoms with van der Waals surface area (Å²) in [5.41, 5.74) is 0.514. The molecule has 0 bridgehead atoms. The Bertz CT molecular complexity index is 620. The third-order valence-electron chi connectivity index (χ3n) is 8.66. The van der Waals surface area contributed by atoms with Crippen molar-refractivity contribution in [2.24, 2.45) is 34.5 Å². The molecule has 0 spiro atoms. The van der Waals surface area contributed by atoms with E-state index in [-0.39, 0.29) is 11.3 Å². The van der Waals surface area contributed by atoms with Crippen LogP contribution in [0.4, 0.5) is 0 Å². The van der Waals surface area contributed by atoms with Crippen molar-refractivity contribution in [1.82, 2.24) is 4.90 Å². The lowest BCUT2D eigenvalue weighted by atomic mass is 9.47. The van der Waals surface area contributed by atoms with Gasteiger partial charge in [-0.2, -0.15) is 5.26 Å². The standard InChI is InChI=1S/C21H30N2O/c1-20-11-8-17-15(16(20)6-4-14(20)10-13-22)5-7-18-21(17,2)12-9-19(24)23(18)3/h9,12,14-18H,4-8,10-11H2,1-3H3/t14-,15?,16+,17?,18-,20-,21-/m1/s1. The third-order valence-corrected chi connectivity index (χ3v) is 8.66. The summed E-state index contributed by atoms with van der Waals surface area (Å²) in [6.45, 7) is 4.88. The Labute approximate surface area is 146 Å². The zero-order valence-corrected chi connectivity index (χ0v) is 15.3. The Balaban J connectivity index is 1.65. The van der Waals surface area contributed by atoms with Crippen LogP contribution in [0.3, 0.4) is 0 Å². The molecule has 130 valence electrons. The van der Waals surface area contributed by atoms with Crippen molar-refractivity contribution in [3.8, 4) is 6.07 Å². The topological polar surface area (TPSA) is 44.1 Å². The fraction of sp³-hybridized carbons (Fsp3) is 0.810. The monoisotopic (exact) mass is 326 g/mol. The number of nitriles is 1. The van der Waals surface area contributed by atoms with E-state index in [1.165, 1.54) is 32.1 Å². The van der Waals surface area contributed by atoms with Gasteiger partial charge < -0.3 is 4.90 Å². The first-order chi connectivity index (χ1) is 11.4. The van der Waals surface area contributed by atoms with Crippen LogP contribution in [0.1, 0.15) is 58.8 Å². The summed E-state index contributed by atoms with van der Waals surface area (Å²) in [6, 6.07) is 2.82. The summed E-state index contributed by atoms with van der Waals surface area (Å²) in [4.78, 5) is 14.1. The lowest BCUT2D eigenvalue weighted by Crippen LogP contribution is -2.59. The number of hydrogen-bond acceptors (Lipinski definition) is 2. The van der Waals surface area contributed by atoms with Gasteiger partial charge in [0.05, 0.1) is 6.07 Å². The van der Waals surface area contributed by atoms with E-state index in [1.54, 1.807) is 0 Å². The number of hydrogen-bond donors (Lipinski definition) is 0. The lowest BCUT2D eigenvalue weighted by Gasteiger charge is -2.60. The molecule has 0 aromatic carbocycles. The van der Waals surface area contributed by atoms with Crippen LogP contribution in [0, 0.1) is 45.8 Å². The number of likely N-dealkylation sites (N-methyl/N-ethyl adjacent to an activating group) is 1. The Morgan fingerprint density at radius 2 is 2.00 bits per heavy atom. The van der Waals surface area contributed by atoms with E-state index in [4.69, 9.17) is 0 Å². The minimum Gasteiger partial charge on any atom is -0.338 e. The molecule has 0 aromatic heterocycles. The number of amides is 1. The highest BCUT2D eigenvalue weighted by Gasteiger charge is 2.60. The molecular weight excluding hydrogens is 296 g/mol. The Kier molecular flexibility index (Phi) is 3.61. The minimum absolute atomic E-state index is 0.139. The van der Waals surface area contributed by atoms with Gasteiger partial charge in [-0.05, 0) is 73.7 Å². The molecule has 1 amide bonds. The molecule has 0 N–H and O–H groups in total. The number of carbonyl (C=O) groups is 1. The Hall–Kier alpha value is -1.30. The van der Waals surface area contributed by atoms with Crippen LogP contribution in [0.5, 0.6) is 0 Å². The molecule has 3 saturated carbocycles. The van der Waals surface area contributed by atoms with Crippen LogP contribution in [0.2, 0.25) is 0 Å². The maximum atomic E-state index is 12.1. The summed E-state index contributed by atoms with van der Waals surface area (Å²) in [5.74, 6) is 3.03. The molecule has 3 fully saturated rings. The molecule has 1 heterocycles. The average Bonchev–Trinajstić information content (AvgIpc) is 2.89. The smallest absolute Gasteiger partial charge is 0.246 e. The maximum absolute atomic E-state index is 12.1. The van der Waals surface area contributed by atoms with Crippen LogP contribution in [-0.4, -0.2) is 23.9 Å². The molecule has 0 radical (unpaired) electrons. The van der Waals surface area contributed by atoms with Gasteiger partial charge >= 0.3 is 0 Å². The van der Waals surface area contributed by atoms with E-state index < -0.39 is 0 Å². The van der Waals surface area contributed by atoms with Gasteiger partial charge in [0.15, 0.2) is 0 Å². The van der Waals surface area contributed by atoms with Crippen LogP contribution in [-0.2, 0) is 4.79 Å². The Morgan fingerprint density at radius 1 is 1.21 bits per heavy atom. The predicted octanol–water partition coefficient (Wildman–Crippen LogP) is 4.16. The molecule has 3 heteroatoms. The second kappa shape index (κ2) is 5.35. The molecule has 1 aliphatic heterocycles. The van der Waals surface area contributed by atoms with Crippen LogP contribution < -0.4 is 0 Å². The molecular formula is C21H30N2O. The van der Waals surface area contributed by atoms with Gasteiger partial charge in [0.2, 0.25) is 5.91 Å². The van der Waals surface area contributed by atoms with E-state index in [0.29, 0.717) is 23.3 Å². The molecule has 24 heavy (non-hydrogen) atoms. The highest BCUT2D eigenvalue weighted by Crippen LogP contribution is 2.65. The van der Waals surface area contributed by atoms with Crippen LogP contribution in [0.15, 0.2) is 12.2 Å². The van der Waals surface area contributed by atoms with Crippen molar-refractivity contribution < 1.29 is 4.79 Å². The summed E-state index contributed by atoms with van der Waals surface area (Å²) >= 11 is 0. The van der Waals surface area contributed by atoms with Gasteiger partial charge in [0.1, 0.15) is 0 Å². The van der Waals surface area contributed by atoms with Crippen molar-refractivity contribution >= 4 is 5.91 Å². The first-order valence-electron chi connectivity index (χ1n) is 9.75. The van der Waals surface area contributed by atoms with Gasteiger partial charge in [-0.15, -0.1) is 0 Å².